The first kappa shape index (κ1) is 15.6. The first-order valence-electron chi connectivity index (χ1n) is 7.63. The molecule has 21 heavy (non-hydrogen) atoms. The molecule has 0 bridgehead atoms. The summed E-state index contributed by atoms with van der Waals surface area (Å²) in [5.41, 5.74) is 6.27. The summed E-state index contributed by atoms with van der Waals surface area (Å²) in [6, 6.07) is 4.71. The number of nitrogens with one attached hydrogen (secondary N) is 1. The number of carbonyl (C=O) groups is 1. The highest BCUT2D eigenvalue weighted by Crippen LogP contribution is 2.30. The number of ether oxygens (including phenoxy) is 1. The summed E-state index contributed by atoms with van der Waals surface area (Å²) >= 11 is 0. The van der Waals surface area contributed by atoms with Gasteiger partial charge in [0.25, 0.3) is 0 Å². The Morgan fingerprint density at radius 2 is 2.14 bits per heavy atom. The van der Waals surface area contributed by atoms with Crippen LogP contribution in [0.25, 0.3) is 0 Å². The third-order valence-corrected chi connectivity index (χ3v) is 3.91. The van der Waals surface area contributed by atoms with Gasteiger partial charge in [0.05, 0.1) is 6.61 Å². The van der Waals surface area contributed by atoms with E-state index in [1.165, 1.54) is 19.3 Å². The number of phenols is 1. The molecule has 1 aromatic rings. The van der Waals surface area contributed by atoms with Crippen LogP contribution in [0.1, 0.15) is 50.6 Å². The molecule has 1 aliphatic rings. The molecular formula is C16H24N2O3. The molecule has 0 spiro atoms. The molecule has 0 aromatic heterocycles. The van der Waals surface area contributed by atoms with E-state index in [4.69, 9.17) is 10.5 Å². The first-order valence-corrected chi connectivity index (χ1v) is 7.63. The number of hydrogen-bond acceptors (Lipinski definition) is 4. The number of carbonyl (C=O) groups excluding carboxylic acids is 1. The number of rotatable bonds is 6. The lowest BCUT2D eigenvalue weighted by atomic mass is 9.93. The maximum atomic E-state index is 11.8. The van der Waals surface area contributed by atoms with Crippen LogP contribution in [-0.4, -0.2) is 23.7 Å². The molecule has 1 amide bonds. The van der Waals surface area contributed by atoms with Crippen molar-refractivity contribution in [1.29, 1.82) is 0 Å². The van der Waals surface area contributed by atoms with E-state index < -0.39 is 11.9 Å². The third kappa shape index (κ3) is 4.11. The predicted molar refractivity (Wildman–Crippen MR) is 81.2 cm³/mol. The van der Waals surface area contributed by atoms with Crippen LogP contribution in [0.5, 0.6) is 11.5 Å². The standard InChI is InChI=1S/C16H24N2O3/c1-2-21-14-10-11(8-9-13(14)19)15(16(17)20)18-12-6-4-3-5-7-12/h8-10,12,15,18-19H,2-7H2,1H3,(H2,17,20). The van der Waals surface area contributed by atoms with E-state index in [2.05, 4.69) is 5.32 Å². The van der Waals surface area contributed by atoms with Gasteiger partial charge in [-0.05, 0) is 37.5 Å². The van der Waals surface area contributed by atoms with E-state index >= 15 is 0 Å². The van der Waals surface area contributed by atoms with Crippen LogP contribution in [0.3, 0.4) is 0 Å². The zero-order valence-corrected chi connectivity index (χ0v) is 12.5. The highest BCUT2D eigenvalue weighted by molar-refractivity contribution is 5.81. The molecule has 0 saturated heterocycles. The Labute approximate surface area is 125 Å². The Morgan fingerprint density at radius 1 is 1.43 bits per heavy atom. The Bertz CT molecular complexity index is 484. The minimum atomic E-state index is -0.548. The Balaban J connectivity index is 2.17. The summed E-state index contributed by atoms with van der Waals surface area (Å²) in [5.74, 6) is 0.0434. The van der Waals surface area contributed by atoms with Gasteiger partial charge in [-0.25, -0.2) is 0 Å². The van der Waals surface area contributed by atoms with Gasteiger partial charge in [-0.2, -0.15) is 0 Å². The normalized spacial score (nSPS) is 17.4. The molecule has 5 heteroatoms. The van der Waals surface area contributed by atoms with Crippen molar-refractivity contribution in [2.24, 2.45) is 5.73 Å². The van der Waals surface area contributed by atoms with E-state index in [1.54, 1.807) is 18.2 Å². The van der Waals surface area contributed by atoms with E-state index in [0.29, 0.717) is 18.4 Å². The molecule has 4 N–H and O–H groups in total. The van der Waals surface area contributed by atoms with Crippen LogP contribution >= 0.6 is 0 Å². The Hall–Kier alpha value is -1.75. The van der Waals surface area contributed by atoms with Crippen LogP contribution in [0, 0.1) is 0 Å². The van der Waals surface area contributed by atoms with Crippen molar-refractivity contribution in [1.82, 2.24) is 5.32 Å². The molecule has 0 radical (unpaired) electrons. The maximum Gasteiger partial charge on any atom is 0.239 e. The summed E-state index contributed by atoms with van der Waals surface area (Å²) < 4.78 is 5.37. The first-order chi connectivity index (χ1) is 10.1. The Morgan fingerprint density at radius 3 is 2.76 bits per heavy atom. The molecule has 116 valence electrons. The zero-order valence-electron chi connectivity index (χ0n) is 12.5. The van der Waals surface area contributed by atoms with Crippen molar-refractivity contribution < 1.29 is 14.6 Å². The molecule has 1 aliphatic carbocycles. The van der Waals surface area contributed by atoms with Gasteiger partial charge in [-0.15, -0.1) is 0 Å². The van der Waals surface area contributed by atoms with Crippen molar-refractivity contribution in [3.8, 4) is 11.5 Å². The number of nitrogens with two attached hydrogens (primary N) is 1. The quantitative estimate of drug-likeness (QED) is 0.750. The van der Waals surface area contributed by atoms with Crippen LogP contribution in [0.2, 0.25) is 0 Å². The van der Waals surface area contributed by atoms with Gasteiger partial charge < -0.3 is 15.6 Å². The highest BCUT2D eigenvalue weighted by Gasteiger charge is 2.24. The summed E-state index contributed by atoms with van der Waals surface area (Å²) in [6.45, 7) is 2.30. The molecule has 0 aliphatic heterocycles. The molecule has 1 saturated carbocycles. The van der Waals surface area contributed by atoms with Crippen LogP contribution < -0.4 is 15.8 Å². The fourth-order valence-electron chi connectivity index (χ4n) is 2.83. The second-order valence-electron chi connectivity index (χ2n) is 5.50. The summed E-state index contributed by atoms with van der Waals surface area (Å²) in [4.78, 5) is 11.8. The summed E-state index contributed by atoms with van der Waals surface area (Å²) in [5, 5.41) is 13.1. The van der Waals surface area contributed by atoms with Gasteiger partial charge >= 0.3 is 0 Å². The largest absolute Gasteiger partial charge is 0.504 e. The fraction of sp³-hybridized carbons (Fsp3) is 0.562. The molecule has 1 unspecified atom stereocenters. The van der Waals surface area contributed by atoms with Crippen molar-refractivity contribution in [2.75, 3.05) is 6.61 Å². The van der Waals surface area contributed by atoms with Gasteiger partial charge in [0.2, 0.25) is 5.91 Å². The van der Waals surface area contributed by atoms with Gasteiger partial charge in [-0.3, -0.25) is 10.1 Å². The minimum Gasteiger partial charge on any atom is -0.504 e. The number of hydrogen-bond donors (Lipinski definition) is 3. The number of amides is 1. The van der Waals surface area contributed by atoms with E-state index in [-0.39, 0.29) is 5.75 Å². The van der Waals surface area contributed by atoms with Crippen LogP contribution in [0.4, 0.5) is 0 Å². The lowest BCUT2D eigenvalue weighted by molar-refractivity contribution is -0.120. The monoisotopic (exact) mass is 292 g/mol. The van der Waals surface area contributed by atoms with Crippen LogP contribution in [-0.2, 0) is 4.79 Å². The smallest absolute Gasteiger partial charge is 0.239 e. The van der Waals surface area contributed by atoms with Crippen molar-refractivity contribution >= 4 is 5.91 Å². The molecule has 1 fully saturated rings. The van der Waals surface area contributed by atoms with Gasteiger partial charge in [0.15, 0.2) is 11.5 Å². The summed E-state index contributed by atoms with van der Waals surface area (Å²) in [6.07, 6.45) is 5.76. The zero-order chi connectivity index (χ0) is 15.2. The van der Waals surface area contributed by atoms with Crippen LogP contribution in [0.15, 0.2) is 18.2 Å². The average Bonchev–Trinajstić information content (AvgIpc) is 2.48. The second kappa shape index (κ2) is 7.31. The third-order valence-electron chi connectivity index (χ3n) is 3.91. The molecule has 1 atom stereocenters. The second-order valence-corrected chi connectivity index (χ2v) is 5.50. The summed E-state index contributed by atoms with van der Waals surface area (Å²) in [7, 11) is 0. The molecule has 1 aromatic carbocycles. The van der Waals surface area contributed by atoms with E-state index in [1.807, 2.05) is 6.92 Å². The maximum absolute atomic E-state index is 11.8. The molecular weight excluding hydrogens is 268 g/mol. The molecule has 5 nitrogen and oxygen atoms in total. The SMILES string of the molecule is CCOc1cc(C(NC2CCCCC2)C(N)=O)ccc1O. The highest BCUT2D eigenvalue weighted by atomic mass is 16.5. The van der Waals surface area contributed by atoms with E-state index in [0.717, 1.165) is 18.4 Å². The number of phenolic OH excluding ortho intramolecular Hbond substituents is 1. The van der Waals surface area contributed by atoms with Crippen molar-refractivity contribution in [3.63, 3.8) is 0 Å². The lowest BCUT2D eigenvalue weighted by Gasteiger charge is -2.27. The number of aromatic hydroxyl groups is 1. The molecule has 0 heterocycles. The van der Waals surface area contributed by atoms with Gasteiger partial charge in [0.1, 0.15) is 6.04 Å². The average molecular weight is 292 g/mol. The van der Waals surface area contributed by atoms with Gasteiger partial charge in [-0.1, -0.05) is 25.3 Å². The number of benzene rings is 1. The van der Waals surface area contributed by atoms with Gasteiger partial charge in [0, 0.05) is 6.04 Å². The Kier molecular flexibility index (Phi) is 5.44. The van der Waals surface area contributed by atoms with Crippen molar-refractivity contribution in [2.45, 2.75) is 51.1 Å². The predicted octanol–water partition coefficient (Wildman–Crippen LogP) is 2.24. The fourth-order valence-corrected chi connectivity index (χ4v) is 2.83. The van der Waals surface area contributed by atoms with E-state index in [9.17, 15) is 9.90 Å². The topological polar surface area (TPSA) is 84.6 Å². The number of primary amides is 1. The lowest BCUT2D eigenvalue weighted by Crippen LogP contribution is -2.40. The minimum absolute atomic E-state index is 0.0708. The molecule has 2 rings (SSSR count). The van der Waals surface area contributed by atoms with Crippen molar-refractivity contribution in [3.05, 3.63) is 23.8 Å².